The van der Waals surface area contributed by atoms with Crippen molar-refractivity contribution < 1.29 is 4.79 Å². The largest absolute Gasteiger partial charge is 0.368 e. The van der Waals surface area contributed by atoms with Gasteiger partial charge in [0, 0.05) is 50.2 Å². The second-order valence-corrected chi connectivity index (χ2v) is 7.91. The molecule has 0 atom stereocenters. The summed E-state index contributed by atoms with van der Waals surface area (Å²) in [5, 5.41) is 0. The first-order valence-corrected chi connectivity index (χ1v) is 10.5. The van der Waals surface area contributed by atoms with Crippen LogP contribution in [0.5, 0.6) is 0 Å². The Morgan fingerprint density at radius 3 is 2.50 bits per heavy atom. The monoisotopic (exact) mass is 399 g/mol. The van der Waals surface area contributed by atoms with Crippen LogP contribution >= 0.6 is 0 Å². The number of anilines is 3. The minimum Gasteiger partial charge on any atom is -0.368 e. The number of benzene rings is 2. The minimum absolute atomic E-state index is 0.0537. The first-order valence-electron chi connectivity index (χ1n) is 10.5. The standard InChI is InChI=1S/C24H25N5O/c1-18-5-4-7-20(15-18)27-11-13-28(14-12-27)23-16-21(25-17-26-23)24(30)29-10-9-19-6-2-3-8-22(19)29/h2-8,15-17H,9-14H2,1H3. The molecule has 1 aromatic heterocycles. The summed E-state index contributed by atoms with van der Waals surface area (Å²) in [6.45, 7) is 6.41. The Labute approximate surface area is 176 Å². The summed E-state index contributed by atoms with van der Waals surface area (Å²) in [6, 6.07) is 18.5. The highest BCUT2D eigenvalue weighted by Gasteiger charge is 2.27. The molecule has 3 aromatic rings. The van der Waals surface area contributed by atoms with Gasteiger partial charge in [-0.2, -0.15) is 0 Å². The zero-order chi connectivity index (χ0) is 20.5. The summed E-state index contributed by atoms with van der Waals surface area (Å²) in [7, 11) is 0. The molecule has 2 aliphatic rings. The fourth-order valence-electron chi connectivity index (χ4n) is 4.34. The first-order chi connectivity index (χ1) is 14.7. The van der Waals surface area contributed by atoms with Gasteiger partial charge in [0.2, 0.25) is 0 Å². The molecule has 3 heterocycles. The van der Waals surface area contributed by atoms with Gasteiger partial charge in [0.05, 0.1) is 0 Å². The van der Waals surface area contributed by atoms with Gasteiger partial charge in [-0.1, -0.05) is 30.3 Å². The lowest BCUT2D eigenvalue weighted by Gasteiger charge is -2.36. The highest BCUT2D eigenvalue weighted by atomic mass is 16.2. The molecule has 1 fully saturated rings. The quantitative estimate of drug-likeness (QED) is 0.676. The molecule has 6 heteroatoms. The van der Waals surface area contributed by atoms with Gasteiger partial charge >= 0.3 is 0 Å². The second kappa shape index (κ2) is 7.78. The third-order valence-corrected chi connectivity index (χ3v) is 5.97. The van der Waals surface area contributed by atoms with Gasteiger partial charge in [-0.3, -0.25) is 4.79 Å². The van der Waals surface area contributed by atoms with E-state index in [1.165, 1.54) is 23.1 Å². The summed E-state index contributed by atoms with van der Waals surface area (Å²) in [5.74, 6) is 0.770. The lowest BCUT2D eigenvalue weighted by Crippen LogP contribution is -2.47. The third-order valence-electron chi connectivity index (χ3n) is 5.97. The maximum absolute atomic E-state index is 13.1. The number of carbonyl (C=O) groups excluding carboxylic acids is 1. The van der Waals surface area contributed by atoms with Crippen molar-refractivity contribution in [3.63, 3.8) is 0 Å². The van der Waals surface area contributed by atoms with Gasteiger partial charge in [0.15, 0.2) is 0 Å². The molecule has 0 spiro atoms. The average molecular weight is 399 g/mol. The second-order valence-electron chi connectivity index (χ2n) is 7.91. The smallest absolute Gasteiger partial charge is 0.277 e. The Bertz CT molecular complexity index is 1070. The Balaban J connectivity index is 1.30. The Kier molecular flexibility index (Phi) is 4.83. The van der Waals surface area contributed by atoms with E-state index >= 15 is 0 Å². The SMILES string of the molecule is Cc1cccc(N2CCN(c3cc(C(=O)N4CCc5ccccc54)ncn3)CC2)c1. The van der Waals surface area contributed by atoms with Crippen LogP contribution in [0.4, 0.5) is 17.2 Å². The highest BCUT2D eigenvalue weighted by Crippen LogP contribution is 2.29. The van der Waals surface area contributed by atoms with Gasteiger partial charge < -0.3 is 14.7 Å². The summed E-state index contributed by atoms with van der Waals surface area (Å²) >= 11 is 0. The molecule has 0 N–H and O–H groups in total. The Morgan fingerprint density at radius 2 is 1.67 bits per heavy atom. The fraction of sp³-hybridized carbons (Fsp3) is 0.292. The first kappa shape index (κ1) is 18.6. The number of aryl methyl sites for hydroxylation is 1. The molecule has 2 aromatic carbocycles. The number of hydrogen-bond donors (Lipinski definition) is 0. The van der Waals surface area contributed by atoms with E-state index in [-0.39, 0.29) is 5.91 Å². The van der Waals surface area contributed by atoms with Crippen molar-refractivity contribution in [3.05, 3.63) is 77.7 Å². The predicted octanol–water partition coefficient (Wildman–Crippen LogP) is 3.31. The molecule has 5 rings (SSSR count). The lowest BCUT2D eigenvalue weighted by molar-refractivity contribution is 0.0984. The van der Waals surface area contributed by atoms with E-state index in [9.17, 15) is 4.79 Å². The average Bonchev–Trinajstić information content (AvgIpc) is 3.23. The number of fused-ring (bicyclic) bond motifs is 1. The molecule has 30 heavy (non-hydrogen) atoms. The fourth-order valence-corrected chi connectivity index (χ4v) is 4.34. The number of aromatic nitrogens is 2. The number of para-hydroxylation sites is 1. The summed E-state index contributed by atoms with van der Waals surface area (Å²) in [4.78, 5) is 28.3. The van der Waals surface area contributed by atoms with Crippen LogP contribution in [0.1, 0.15) is 21.6 Å². The Hall–Kier alpha value is -3.41. The van der Waals surface area contributed by atoms with Crippen LogP contribution in [-0.2, 0) is 6.42 Å². The number of rotatable bonds is 3. The van der Waals surface area contributed by atoms with Gasteiger partial charge in [-0.15, -0.1) is 0 Å². The third kappa shape index (κ3) is 3.49. The van der Waals surface area contributed by atoms with Crippen molar-refractivity contribution >= 4 is 23.1 Å². The van der Waals surface area contributed by atoms with Crippen LogP contribution in [0.2, 0.25) is 0 Å². The molecule has 152 valence electrons. The van der Waals surface area contributed by atoms with E-state index in [4.69, 9.17) is 0 Å². The lowest BCUT2D eigenvalue weighted by atomic mass is 10.2. The van der Waals surface area contributed by atoms with Crippen molar-refractivity contribution in [2.24, 2.45) is 0 Å². The number of nitrogens with zero attached hydrogens (tertiary/aromatic N) is 5. The molecule has 1 amide bonds. The number of piperazine rings is 1. The Morgan fingerprint density at radius 1 is 0.867 bits per heavy atom. The summed E-state index contributed by atoms with van der Waals surface area (Å²) in [6.07, 6.45) is 2.40. The zero-order valence-corrected chi connectivity index (χ0v) is 17.2. The predicted molar refractivity (Wildman–Crippen MR) is 119 cm³/mol. The molecular weight excluding hydrogens is 374 g/mol. The zero-order valence-electron chi connectivity index (χ0n) is 17.2. The van der Waals surface area contributed by atoms with E-state index in [0.29, 0.717) is 12.2 Å². The van der Waals surface area contributed by atoms with Gasteiger partial charge in [0.25, 0.3) is 5.91 Å². The molecular formula is C24H25N5O. The van der Waals surface area contributed by atoms with Crippen LogP contribution in [0, 0.1) is 6.92 Å². The molecule has 0 aliphatic carbocycles. The number of carbonyl (C=O) groups is 1. The summed E-state index contributed by atoms with van der Waals surface area (Å²) in [5.41, 5.74) is 5.21. The van der Waals surface area contributed by atoms with Gasteiger partial charge in [0.1, 0.15) is 17.8 Å². The summed E-state index contributed by atoms with van der Waals surface area (Å²) < 4.78 is 0. The van der Waals surface area contributed by atoms with E-state index in [1.807, 2.05) is 29.2 Å². The van der Waals surface area contributed by atoms with Crippen molar-refractivity contribution in [2.75, 3.05) is 47.4 Å². The van der Waals surface area contributed by atoms with Gasteiger partial charge in [-0.05, 0) is 42.7 Å². The van der Waals surface area contributed by atoms with Crippen LogP contribution in [0.15, 0.2) is 60.9 Å². The number of amides is 1. The van der Waals surface area contributed by atoms with E-state index < -0.39 is 0 Å². The normalized spacial score (nSPS) is 16.0. The number of hydrogen-bond acceptors (Lipinski definition) is 5. The maximum atomic E-state index is 13.1. The van der Waals surface area contributed by atoms with E-state index in [0.717, 1.165) is 44.1 Å². The van der Waals surface area contributed by atoms with E-state index in [2.05, 4.69) is 57.0 Å². The molecule has 0 unspecified atom stereocenters. The van der Waals surface area contributed by atoms with Crippen LogP contribution in [0.25, 0.3) is 0 Å². The molecule has 1 saturated heterocycles. The van der Waals surface area contributed by atoms with Crippen LogP contribution in [-0.4, -0.2) is 48.6 Å². The molecule has 6 nitrogen and oxygen atoms in total. The van der Waals surface area contributed by atoms with Crippen molar-refractivity contribution in [1.29, 1.82) is 0 Å². The van der Waals surface area contributed by atoms with Crippen molar-refractivity contribution in [1.82, 2.24) is 9.97 Å². The van der Waals surface area contributed by atoms with Gasteiger partial charge in [-0.25, -0.2) is 9.97 Å². The molecule has 2 aliphatic heterocycles. The highest BCUT2D eigenvalue weighted by molar-refractivity contribution is 6.06. The molecule has 0 saturated carbocycles. The minimum atomic E-state index is -0.0537. The van der Waals surface area contributed by atoms with Crippen molar-refractivity contribution in [3.8, 4) is 0 Å². The maximum Gasteiger partial charge on any atom is 0.277 e. The van der Waals surface area contributed by atoms with Crippen molar-refractivity contribution in [2.45, 2.75) is 13.3 Å². The van der Waals surface area contributed by atoms with Crippen LogP contribution in [0.3, 0.4) is 0 Å². The molecule has 0 radical (unpaired) electrons. The molecule has 0 bridgehead atoms. The van der Waals surface area contributed by atoms with Crippen LogP contribution < -0.4 is 14.7 Å². The van der Waals surface area contributed by atoms with E-state index in [1.54, 1.807) is 0 Å². The topological polar surface area (TPSA) is 52.6 Å².